The van der Waals surface area contributed by atoms with Gasteiger partial charge in [0, 0.05) is 32.5 Å². The Morgan fingerprint density at radius 1 is 1.04 bits per heavy atom. The zero-order valence-corrected chi connectivity index (χ0v) is 15.2. The second-order valence-corrected chi connectivity index (χ2v) is 5.73. The van der Waals surface area contributed by atoms with Gasteiger partial charge in [-0.1, -0.05) is 67.6 Å². The van der Waals surface area contributed by atoms with Gasteiger partial charge in [-0.3, -0.25) is 0 Å². The van der Waals surface area contributed by atoms with Crippen molar-refractivity contribution < 1.29 is 4.74 Å². The van der Waals surface area contributed by atoms with E-state index in [9.17, 15) is 0 Å². The number of methoxy groups -OCH3 is 1. The van der Waals surface area contributed by atoms with Gasteiger partial charge in [0.2, 0.25) is 0 Å². The highest BCUT2D eigenvalue weighted by Crippen LogP contribution is 2.39. The van der Waals surface area contributed by atoms with Crippen molar-refractivity contribution in [3.8, 4) is 12.3 Å². The fourth-order valence-electron chi connectivity index (χ4n) is 3.17. The van der Waals surface area contributed by atoms with Gasteiger partial charge in [0.1, 0.15) is 5.60 Å². The van der Waals surface area contributed by atoms with E-state index in [-0.39, 0.29) is 18.3 Å². The smallest absolute Gasteiger partial charge is 0.121 e. The molecule has 2 aromatic carbocycles. The third kappa shape index (κ3) is 4.39. The average Bonchev–Trinajstić information content (AvgIpc) is 2.62. The summed E-state index contributed by atoms with van der Waals surface area (Å²) in [7, 11) is 1.79. The van der Waals surface area contributed by atoms with E-state index in [2.05, 4.69) is 66.7 Å². The first-order valence-electron chi connectivity index (χ1n) is 8.06. The molecule has 0 saturated heterocycles. The summed E-state index contributed by atoms with van der Waals surface area (Å²) in [6, 6.07) is 20.8. The molecule has 1 unspecified atom stereocenters. The first-order chi connectivity index (χ1) is 11.3. The molecule has 24 heavy (non-hydrogen) atoms. The molecule has 0 aromatic heterocycles. The average molecular weight is 344 g/mol. The van der Waals surface area contributed by atoms with Crippen molar-refractivity contribution in [2.75, 3.05) is 20.2 Å². The Morgan fingerprint density at radius 3 is 1.96 bits per heavy atom. The van der Waals surface area contributed by atoms with Crippen molar-refractivity contribution in [1.82, 2.24) is 5.32 Å². The lowest BCUT2D eigenvalue weighted by Crippen LogP contribution is -2.42. The van der Waals surface area contributed by atoms with E-state index in [0.717, 1.165) is 19.5 Å². The molecular formula is C21H26ClNO. The van der Waals surface area contributed by atoms with Crippen LogP contribution in [0.4, 0.5) is 0 Å². The van der Waals surface area contributed by atoms with Gasteiger partial charge in [-0.25, -0.2) is 0 Å². The molecule has 2 aromatic rings. The third-order valence-electron chi connectivity index (χ3n) is 4.32. The molecule has 0 heterocycles. The van der Waals surface area contributed by atoms with Gasteiger partial charge in [-0.15, -0.1) is 24.8 Å². The Kier molecular flexibility index (Phi) is 8.57. The molecule has 3 heteroatoms. The summed E-state index contributed by atoms with van der Waals surface area (Å²) in [6.45, 7) is 3.87. The topological polar surface area (TPSA) is 21.3 Å². The van der Waals surface area contributed by atoms with Crippen LogP contribution >= 0.6 is 12.4 Å². The number of halogens is 1. The Bertz CT molecular complexity index is 582. The Morgan fingerprint density at radius 2 is 1.54 bits per heavy atom. The summed E-state index contributed by atoms with van der Waals surface area (Å²) in [5.74, 6) is 2.91. The van der Waals surface area contributed by atoms with E-state index >= 15 is 0 Å². The minimum Gasteiger partial charge on any atom is -0.368 e. The quantitative estimate of drug-likeness (QED) is 0.571. The van der Waals surface area contributed by atoms with Crippen LogP contribution in [0.1, 0.15) is 24.5 Å². The summed E-state index contributed by atoms with van der Waals surface area (Å²) >= 11 is 0. The lowest BCUT2D eigenvalue weighted by Gasteiger charge is -2.39. The van der Waals surface area contributed by atoms with Crippen LogP contribution in [0, 0.1) is 18.3 Å². The molecule has 0 spiro atoms. The number of hydrogen-bond acceptors (Lipinski definition) is 2. The zero-order chi connectivity index (χ0) is 16.5. The Labute approximate surface area is 152 Å². The van der Waals surface area contributed by atoms with Gasteiger partial charge in [0.25, 0.3) is 0 Å². The molecule has 2 rings (SSSR count). The van der Waals surface area contributed by atoms with E-state index in [1.807, 2.05) is 12.1 Å². The highest BCUT2D eigenvalue weighted by molar-refractivity contribution is 5.85. The fraction of sp³-hybridized carbons (Fsp3) is 0.333. The predicted molar refractivity (Wildman–Crippen MR) is 103 cm³/mol. The van der Waals surface area contributed by atoms with E-state index < -0.39 is 5.60 Å². The molecule has 128 valence electrons. The highest BCUT2D eigenvalue weighted by Gasteiger charge is 2.39. The summed E-state index contributed by atoms with van der Waals surface area (Å²) in [6.07, 6.45) is 6.06. The molecule has 0 bridgehead atoms. The van der Waals surface area contributed by atoms with Crippen LogP contribution in [-0.4, -0.2) is 20.2 Å². The monoisotopic (exact) mass is 343 g/mol. The number of benzene rings is 2. The van der Waals surface area contributed by atoms with Crippen molar-refractivity contribution in [2.45, 2.75) is 18.9 Å². The molecular weight excluding hydrogens is 318 g/mol. The fourth-order valence-corrected chi connectivity index (χ4v) is 3.17. The van der Waals surface area contributed by atoms with Gasteiger partial charge >= 0.3 is 0 Å². The number of ether oxygens (including phenoxy) is 1. The molecule has 0 saturated carbocycles. The lowest BCUT2D eigenvalue weighted by molar-refractivity contribution is -0.0230. The summed E-state index contributed by atoms with van der Waals surface area (Å²) in [4.78, 5) is 0. The first-order valence-corrected chi connectivity index (χ1v) is 8.06. The zero-order valence-electron chi connectivity index (χ0n) is 14.4. The van der Waals surface area contributed by atoms with Gasteiger partial charge < -0.3 is 10.1 Å². The number of terminal acetylenes is 1. The maximum absolute atomic E-state index is 6.15. The van der Waals surface area contributed by atoms with Crippen molar-refractivity contribution in [2.24, 2.45) is 5.92 Å². The minimum absolute atomic E-state index is 0. The van der Waals surface area contributed by atoms with Gasteiger partial charge in [-0.05, 0) is 11.1 Å². The second-order valence-electron chi connectivity index (χ2n) is 5.73. The lowest BCUT2D eigenvalue weighted by atomic mass is 9.76. The molecule has 0 fully saturated rings. The highest BCUT2D eigenvalue weighted by atomic mass is 35.5. The summed E-state index contributed by atoms with van der Waals surface area (Å²) < 4.78 is 6.15. The number of rotatable bonds is 8. The molecule has 0 radical (unpaired) electrons. The number of hydrogen-bond donors (Lipinski definition) is 1. The molecule has 2 nitrogen and oxygen atoms in total. The van der Waals surface area contributed by atoms with Crippen LogP contribution in [0.15, 0.2) is 60.7 Å². The van der Waals surface area contributed by atoms with E-state index in [4.69, 9.17) is 11.2 Å². The Balaban J connectivity index is 0.00000288. The number of nitrogens with one attached hydrogen (secondary N) is 1. The summed E-state index contributed by atoms with van der Waals surface area (Å²) in [5, 5.41) is 3.44. The Hall–Kier alpha value is -1.79. The van der Waals surface area contributed by atoms with Crippen LogP contribution in [-0.2, 0) is 10.3 Å². The SMILES string of the molecule is C#CCCNCC(C)C(OC)(c1ccccc1)c1ccccc1.Cl. The van der Waals surface area contributed by atoms with E-state index in [0.29, 0.717) is 0 Å². The van der Waals surface area contributed by atoms with E-state index in [1.54, 1.807) is 7.11 Å². The van der Waals surface area contributed by atoms with Crippen molar-refractivity contribution in [1.29, 1.82) is 0 Å². The standard InChI is InChI=1S/C21H25NO.ClH/c1-4-5-16-22-17-18(2)21(23-3,19-12-8-6-9-13-19)20-14-10-7-11-15-20;/h1,6-15,18,22H,5,16-17H2,2-3H3;1H. The van der Waals surface area contributed by atoms with Crippen LogP contribution < -0.4 is 5.32 Å². The maximum Gasteiger partial charge on any atom is 0.121 e. The van der Waals surface area contributed by atoms with Crippen LogP contribution in [0.25, 0.3) is 0 Å². The molecule has 0 aliphatic carbocycles. The molecule has 0 amide bonds. The van der Waals surface area contributed by atoms with Gasteiger partial charge in [-0.2, -0.15) is 0 Å². The van der Waals surface area contributed by atoms with Crippen molar-refractivity contribution in [3.63, 3.8) is 0 Å². The predicted octanol–water partition coefficient (Wildman–Crippen LogP) is 4.25. The molecule has 1 atom stereocenters. The normalized spacial score (nSPS) is 12.0. The van der Waals surface area contributed by atoms with Crippen LogP contribution in [0.3, 0.4) is 0 Å². The molecule has 1 N–H and O–H groups in total. The summed E-state index contributed by atoms with van der Waals surface area (Å²) in [5.41, 5.74) is 1.85. The second kappa shape index (κ2) is 10.2. The maximum atomic E-state index is 6.15. The largest absolute Gasteiger partial charge is 0.368 e. The van der Waals surface area contributed by atoms with E-state index in [1.165, 1.54) is 11.1 Å². The van der Waals surface area contributed by atoms with Crippen molar-refractivity contribution >= 4 is 12.4 Å². The van der Waals surface area contributed by atoms with Crippen molar-refractivity contribution in [3.05, 3.63) is 71.8 Å². The minimum atomic E-state index is -0.480. The first kappa shape index (κ1) is 20.3. The van der Waals surface area contributed by atoms with Gasteiger partial charge in [0.05, 0.1) is 0 Å². The van der Waals surface area contributed by atoms with Crippen LogP contribution in [0.5, 0.6) is 0 Å². The van der Waals surface area contributed by atoms with Gasteiger partial charge in [0.15, 0.2) is 0 Å². The molecule has 0 aliphatic rings. The molecule has 0 aliphatic heterocycles. The third-order valence-corrected chi connectivity index (χ3v) is 4.32. The van der Waals surface area contributed by atoms with Crippen LogP contribution in [0.2, 0.25) is 0 Å².